The molecule has 8 heteroatoms. The number of rotatable bonds is 2. The van der Waals surface area contributed by atoms with Crippen molar-refractivity contribution in [3.05, 3.63) is 24.0 Å². The molecule has 1 aromatic rings. The molecule has 1 spiro atoms. The fourth-order valence-corrected chi connectivity index (χ4v) is 4.23. The summed E-state index contributed by atoms with van der Waals surface area (Å²) < 4.78 is 20.6. The molecule has 2 fully saturated rings. The second-order valence-corrected chi connectivity index (χ2v) is 7.03. The Morgan fingerprint density at radius 1 is 1.08 bits per heavy atom. The van der Waals surface area contributed by atoms with Gasteiger partial charge in [-0.25, -0.2) is 9.38 Å². The molecule has 1 saturated carbocycles. The number of benzene rings is 1. The van der Waals surface area contributed by atoms with Crippen LogP contribution in [0, 0.1) is 5.82 Å². The summed E-state index contributed by atoms with van der Waals surface area (Å²) >= 11 is 0. The Bertz CT molecular complexity index is 737. The molecule has 0 aromatic heterocycles. The number of ether oxygens (including phenoxy) is 1. The zero-order valence-electron chi connectivity index (χ0n) is 14.8. The summed E-state index contributed by atoms with van der Waals surface area (Å²) in [6.07, 6.45) is 4.70. The number of aliphatic imine (C=N–C) groups is 2. The van der Waals surface area contributed by atoms with Gasteiger partial charge in [-0.15, -0.1) is 0 Å². The van der Waals surface area contributed by atoms with E-state index in [-0.39, 0.29) is 17.7 Å². The Kier molecular flexibility index (Phi) is 4.44. The summed E-state index contributed by atoms with van der Waals surface area (Å²) in [5.41, 5.74) is 12.8. The summed E-state index contributed by atoms with van der Waals surface area (Å²) in [4.78, 5) is 12.7. The number of para-hydroxylation sites is 1. The van der Waals surface area contributed by atoms with E-state index in [9.17, 15) is 0 Å². The quantitative estimate of drug-likeness (QED) is 0.839. The summed E-state index contributed by atoms with van der Waals surface area (Å²) in [5, 5.41) is 0. The van der Waals surface area contributed by atoms with E-state index >= 15 is 4.39 Å². The highest BCUT2D eigenvalue weighted by Gasteiger charge is 2.44. The van der Waals surface area contributed by atoms with Gasteiger partial charge in [0.2, 0.25) is 11.9 Å². The zero-order chi connectivity index (χ0) is 18.1. The fourth-order valence-electron chi connectivity index (χ4n) is 4.23. The SMILES string of the molecule is NC1=NC2(CCCCC2)N(c2c(F)cccc2N2CCOCC2)C(N)=N1. The van der Waals surface area contributed by atoms with E-state index in [0.717, 1.165) is 37.8 Å². The van der Waals surface area contributed by atoms with Crippen LogP contribution in [0.15, 0.2) is 28.2 Å². The minimum Gasteiger partial charge on any atom is -0.378 e. The maximum absolute atomic E-state index is 15.1. The Labute approximate surface area is 152 Å². The van der Waals surface area contributed by atoms with Gasteiger partial charge in [0.1, 0.15) is 17.2 Å². The van der Waals surface area contributed by atoms with E-state index in [1.165, 1.54) is 6.07 Å². The maximum Gasteiger partial charge on any atom is 0.220 e. The molecular weight excluding hydrogens is 335 g/mol. The second kappa shape index (κ2) is 6.75. The smallest absolute Gasteiger partial charge is 0.220 e. The first kappa shape index (κ1) is 17.1. The van der Waals surface area contributed by atoms with Gasteiger partial charge in [0.05, 0.1) is 18.9 Å². The minimum atomic E-state index is -0.655. The van der Waals surface area contributed by atoms with Gasteiger partial charge in [-0.3, -0.25) is 4.90 Å². The Morgan fingerprint density at radius 3 is 2.54 bits per heavy atom. The standard InChI is InChI=1S/C18H25FN6O/c19-13-5-4-6-14(24-9-11-26-12-10-24)15(13)25-17(21)22-16(20)23-18(25)7-2-1-3-8-18/h4-6H,1-3,7-12H2,(H4,20,21,22,23). The molecule has 2 heterocycles. The molecule has 1 aromatic carbocycles. The molecule has 1 aliphatic carbocycles. The van der Waals surface area contributed by atoms with E-state index in [0.29, 0.717) is 32.0 Å². The van der Waals surface area contributed by atoms with Gasteiger partial charge < -0.3 is 21.1 Å². The lowest BCUT2D eigenvalue weighted by Gasteiger charge is -2.47. The van der Waals surface area contributed by atoms with E-state index in [1.807, 2.05) is 6.07 Å². The molecule has 4 rings (SSSR count). The van der Waals surface area contributed by atoms with E-state index in [1.54, 1.807) is 11.0 Å². The second-order valence-electron chi connectivity index (χ2n) is 7.03. The minimum absolute atomic E-state index is 0.171. The Balaban J connectivity index is 1.83. The van der Waals surface area contributed by atoms with Crippen LogP contribution in [0.1, 0.15) is 32.1 Å². The molecule has 0 bridgehead atoms. The molecule has 0 unspecified atom stereocenters. The van der Waals surface area contributed by atoms with Crippen LogP contribution in [-0.2, 0) is 4.74 Å². The van der Waals surface area contributed by atoms with Gasteiger partial charge in [0.25, 0.3) is 0 Å². The van der Waals surface area contributed by atoms with E-state index in [4.69, 9.17) is 16.2 Å². The number of nitrogens with zero attached hydrogens (tertiary/aromatic N) is 4. The average molecular weight is 360 g/mol. The third-order valence-electron chi connectivity index (χ3n) is 5.39. The molecule has 2 aliphatic heterocycles. The number of nitrogens with two attached hydrogens (primary N) is 2. The molecule has 1 saturated heterocycles. The lowest BCUT2D eigenvalue weighted by atomic mass is 9.87. The summed E-state index contributed by atoms with van der Waals surface area (Å²) in [6, 6.07) is 5.12. The summed E-state index contributed by atoms with van der Waals surface area (Å²) in [7, 11) is 0. The van der Waals surface area contributed by atoms with Crippen LogP contribution >= 0.6 is 0 Å². The first-order valence-electron chi connectivity index (χ1n) is 9.22. The topological polar surface area (TPSA) is 92.5 Å². The maximum atomic E-state index is 15.1. The van der Waals surface area contributed by atoms with Crippen molar-refractivity contribution in [2.24, 2.45) is 21.5 Å². The monoisotopic (exact) mass is 360 g/mol. The lowest BCUT2D eigenvalue weighted by Crippen LogP contribution is -2.59. The largest absolute Gasteiger partial charge is 0.378 e. The van der Waals surface area contributed by atoms with Crippen LogP contribution in [0.3, 0.4) is 0 Å². The molecule has 140 valence electrons. The van der Waals surface area contributed by atoms with E-state index < -0.39 is 5.66 Å². The number of hydrogen-bond donors (Lipinski definition) is 2. The van der Waals surface area contributed by atoms with Crippen LogP contribution in [0.25, 0.3) is 0 Å². The van der Waals surface area contributed by atoms with Crippen molar-refractivity contribution in [1.29, 1.82) is 0 Å². The van der Waals surface area contributed by atoms with Gasteiger partial charge in [-0.2, -0.15) is 4.99 Å². The molecule has 0 amide bonds. The number of anilines is 2. The highest BCUT2D eigenvalue weighted by atomic mass is 19.1. The van der Waals surface area contributed by atoms with Gasteiger partial charge in [-0.05, 0) is 37.8 Å². The molecule has 3 aliphatic rings. The number of hydrogen-bond acceptors (Lipinski definition) is 7. The van der Waals surface area contributed by atoms with Crippen molar-refractivity contribution >= 4 is 23.3 Å². The number of guanidine groups is 2. The Hall–Kier alpha value is -2.35. The van der Waals surface area contributed by atoms with Gasteiger partial charge in [0.15, 0.2) is 0 Å². The zero-order valence-corrected chi connectivity index (χ0v) is 14.8. The van der Waals surface area contributed by atoms with Crippen LogP contribution < -0.4 is 21.3 Å². The van der Waals surface area contributed by atoms with Crippen molar-refractivity contribution in [2.75, 3.05) is 36.1 Å². The molecule has 7 nitrogen and oxygen atoms in total. The van der Waals surface area contributed by atoms with Crippen LogP contribution in [0.5, 0.6) is 0 Å². The van der Waals surface area contributed by atoms with Crippen LogP contribution in [0.2, 0.25) is 0 Å². The summed E-state index contributed by atoms with van der Waals surface area (Å²) in [5.74, 6) is 0.0525. The highest BCUT2D eigenvalue weighted by molar-refractivity contribution is 6.07. The predicted octanol–water partition coefficient (Wildman–Crippen LogP) is 1.77. The fraction of sp³-hybridized carbons (Fsp3) is 0.556. The lowest BCUT2D eigenvalue weighted by molar-refractivity contribution is 0.122. The number of halogens is 1. The van der Waals surface area contributed by atoms with Gasteiger partial charge >= 0.3 is 0 Å². The molecule has 26 heavy (non-hydrogen) atoms. The van der Waals surface area contributed by atoms with Crippen LogP contribution in [0.4, 0.5) is 15.8 Å². The van der Waals surface area contributed by atoms with Crippen molar-refractivity contribution < 1.29 is 9.13 Å². The summed E-state index contributed by atoms with van der Waals surface area (Å²) in [6.45, 7) is 2.66. The van der Waals surface area contributed by atoms with Crippen molar-refractivity contribution in [1.82, 2.24) is 0 Å². The number of morpholine rings is 1. The van der Waals surface area contributed by atoms with Crippen molar-refractivity contribution in [3.63, 3.8) is 0 Å². The third-order valence-corrected chi connectivity index (χ3v) is 5.39. The molecule has 0 radical (unpaired) electrons. The van der Waals surface area contributed by atoms with Crippen molar-refractivity contribution in [3.8, 4) is 0 Å². The normalized spacial score (nSPS) is 23.0. The van der Waals surface area contributed by atoms with Gasteiger partial charge in [-0.1, -0.05) is 12.5 Å². The predicted molar refractivity (Wildman–Crippen MR) is 101 cm³/mol. The molecule has 0 atom stereocenters. The first-order chi connectivity index (χ1) is 12.6. The highest BCUT2D eigenvalue weighted by Crippen LogP contribution is 2.44. The average Bonchev–Trinajstić information content (AvgIpc) is 2.64. The van der Waals surface area contributed by atoms with Crippen LogP contribution in [-0.4, -0.2) is 43.9 Å². The Morgan fingerprint density at radius 2 is 1.81 bits per heavy atom. The molecule has 4 N–H and O–H groups in total. The first-order valence-corrected chi connectivity index (χ1v) is 9.22. The van der Waals surface area contributed by atoms with E-state index in [2.05, 4.69) is 14.9 Å². The third kappa shape index (κ3) is 2.88. The van der Waals surface area contributed by atoms with Crippen molar-refractivity contribution in [2.45, 2.75) is 37.8 Å². The molecular formula is C18H25FN6O. The van der Waals surface area contributed by atoms with Gasteiger partial charge in [0, 0.05) is 13.1 Å².